The first-order valence-corrected chi connectivity index (χ1v) is 4.19. The molecule has 0 aliphatic heterocycles. The summed E-state index contributed by atoms with van der Waals surface area (Å²) < 4.78 is 15.5. The molecule has 4 heteroatoms. The van der Waals surface area contributed by atoms with Crippen LogP contribution in [-0.4, -0.2) is 50.9 Å². The highest BCUT2D eigenvalue weighted by Gasteiger charge is 2.36. The zero-order valence-electron chi connectivity index (χ0n) is 8.14. The van der Waals surface area contributed by atoms with Gasteiger partial charge >= 0.3 is 0 Å². The van der Waals surface area contributed by atoms with Crippen LogP contribution in [0.4, 0.5) is 0 Å². The van der Waals surface area contributed by atoms with Crippen molar-refractivity contribution in [3.63, 3.8) is 0 Å². The molecule has 4 atom stereocenters. The van der Waals surface area contributed by atoms with E-state index in [4.69, 9.17) is 14.2 Å². The van der Waals surface area contributed by atoms with Crippen molar-refractivity contribution in [3.8, 4) is 0 Å². The molecule has 13 heavy (non-hydrogen) atoms. The van der Waals surface area contributed by atoms with Gasteiger partial charge in [0.25, 0.3) is 0 Å². The van der Waals surface area contributed by atoms with Crippen molar-refractivity contribution in [2.45, 2.75) is 24.4 Å². The molecule has 1 aliphatic rings. The summed E-state index contributed by atoms with van der Waals surface area (Å²) in [5.41, 5.74) is 0. The van der Waals surface area contributed by atoms with Crippen molar-refractivity contribution in [1.29, 1.82) is 0 Å². The van der Waals surface area contributed by atoms with Crippen LogP contribution in [0.15, 0.2) is 12.2 Å². The Hall–Kier alpha value is -0.420. The normalized spacial score (nSPS) is 39.4. The Labute approximate surface area is 78.1 Å². The van der Waals surface area contributed by atoms with E-state index in [1.165, 1.54) is 0 Å². The first kappa shape index (κ1) is 10.7. The fourth-order valence-electron chi connectivity index (χ4n) is 1.58. The van der Waals surface area contributed by atoms with Gasteiger partial charge < -0.3 is 19.3 Å². The Bertz CT molecular complexity index is 180. The predicted molar refractivity (Wildman–Crippen MR) is 47.5 cm³/mol. The number of hydrogen-bond acceptors (Lipinski definition) is 4. The number of aliphatic hydroxyl groups excluding tert-OH is 1. The Kier molecular flexibility index (Phi) is 3.87. The van der Waals surface area contributed by atoms with Crippen LogP contribution < -0.4 is 0 Å². The molecule has 1 rings (SSSR count). The molecule has 0 saturated carbocycles. The summed E-state index contributed by atoms with van der Waals surface area (Å²) in [4.78, 5) is 0. The van der Waals surface area contributed by atoms with Gasteiger partial charge in [-0.2, -0.15) is 0 Å². The molecule has 0 aromatic carbocycles. The third-order valence-corrected chi connectivity index (χ3v) is 2.30. The van der Waals surface area contributed by atoms with E-state index in [-0.39, 0.29) is 18.3 Å². The number of hydrogen-bond donors (Lipinski definition) is 1. The third-order valence-electron chi connectivity index (χ3n) is 2.30. The van der Waals surface area contributed by atoms with Gasteiger partial charge in [0.05, 0.1) is 0 Å². The maximum Gasteiger partial charge on any atom is 0.116 e. The molecule has 1 aliphatic carbocycles. The van der Waals surface area contributed by atoms with E-state index >= 15 is 0 Å². The highest BCUT2D eigenvalue weighted by atomic mass is 16.6. The van der Waals surface area contributed by atoms with Gasteiger partial charge in [0, 0.05) is 21.3 Å². The first-order chi connectivity index (χ1) is 6.24. The average molecular weight is 188 g/mol. The van der Waals surface area contributed by atoms with Crippen LogP contribution in [0, 0.1) is 0 Å². The van der Waals surface area contributed by atoms with Gasteiger partial charge in [-0.15, -0.1) is 0 Å². The quantitative estimate of drug-likeness (QED) is 0.631. The Morgan fingerprint density at radius 3 is 2.00 bits per heavy atom. The Morgan fingerprint density at radius 1 is 0.923 bits per heavy atom. The molecular formula is C9H16O4. The largest absolute Gasteiger partial charge is 0.386 e. The summed E-state index contributed by atoms with van der Waals surface area (Å²) in [6.45, 7) is 0. The summed E-state index contributed by atoms with van der Waals surface area (Å²) in [6.07, 6.45) is 2.06. The predicted octanol–water partition coefficient (Wildman–Crippen LogP) is -0.0379. The lowest BCUT2D eigenvalue weighted by Crippen LogP contribution is -2.49. The molecule has 0 aromatic rings. The van der Waals surface area contributed by atoms with Crippen LogP contribution in [0.2, 0.25) is 0 Å². The molecule has 0 heterocycles. The number of ether oxygens (including phenoxy) is 3. The van der Waals surface area contributed by atoms with E-state index in [1.54, 1.807) is 33.5 Å². The number of rotatable bonds is 3. The molecule has 0 bridgehead atoms. The van der Waals surface area contributed by atoms with Gasteiger partial charge in [-0.25, -0.2) is 0 Å². The summed E-state index contributed by atoms with van der Waals surface area (Å²) >= 11 is 0. The van der Waals surface area contributed by atoms with Crippen LogP contribution in [0.5, 0.6) is 0 Å². The molecule has 76 valence electrons. The number of methoxy groups -OCH3 is 3. The SMILES string of the molecule is CO[C@@H]1[C@H](OC)[C@@H](OC)C=C[C@H]1O. The van der Waals surface area contributed by atoms with Crippen molar-refractivity contribution in [2.75, 3.05) is 21.3 Å². The van der Waals surface area contributed by atoms with Gasteiger partial charge in [0.2, 0.25) is 0 Å². The molecule has 0 unspecified atom stereocenters. The number of aliphatic hydroxyl groups is 1. The lowest BCUT2D eigenvalue weighted by molar-refractivity contribution is -0.128. The Balaban J connectivity index is 2.76. The van der Waals surface area contributed by atoms with Crippen LogP contribution in [0.1, 0.15) is 0 Å². The minimum absolute atomic E-state index is 0.154. The highest BCUT2D eigenvalue weighted by molar-refractivity contribution is 5.09. The first-order valence-electron chi connectivity index (χ1n) is 4.19. The maximum atomic E-state index is 9.54. The van der Waals surface area contributed by atoms with Crippen LogP contribution in [0.3, 0.4) is 0 Å². The van der Waals surface area contributed by atoms with Gasteiger partial charge in [0.15, 0.2) is 0 Å². The topological polar surface area (TPSA) is 47.9 Å². The molecule has 0 aromatic heterocycles. The molecule has 0 saturated heterocycles. The van der Waals surface area contributed by atoms with Crippen molar-refractivity contribution in [2.24, 2.45) is 0 Å². The zero-order valence-corrected chi connectivity index (χ0v) is 8.14. The highest BCUT2D eigenvalue weighted by Crippen LogP contribution is 2.20. The average Bonchev–Trinajstić information content (AvgIpc) is 2.17. The van der Waals surface area contributed by atoms with Crippen molar-refractivity contribution in [3.05, 3.63) is 12.2 Å². The smallest absolute Gasteiger partial charge is 0.116 e. The Morgan fingerprint density at radius 2 is 1.54 bits per heavy atom. The van der Waals surface area contributed by atoms with E-state index in [0.29, 0.717) is 0 Å². The van der Waals surface area contributed by atoms with Crippen molar-refractivity contribution >= 4 is 0 Å². The van der Waals surface area contributed by atoms with Gasteiger partial charge in [-0.3, -0.25) is 0 Å². The van der Waals surface area contributed by atoms with Gasteiger partial charge in [-0.1, -0.05) is 12.2 Å². The van der Waals surface area contributed by atoms with Gasteiger partial charge in [-0.05, 0) is 0 Å². The van der Waals surface area contributed by atoms with Crippen molar-refractivity contribution in [1.82, 2.24) is 0 Å². The monoisotopic (exact) mass is 188 g/mol. The summed E-state index contributed by atoms with van der Waals surface area (Å²) in [7, 11) is 4.73. The second-order valence-corrected chi connectivity index (χ2v) is 2.98. The molecular weight excluding hydrogens is 172 g/mol. The molecule has 0 amide bonds. The molecule has 0 fully saturated rings. The molecule has 4 nitrogen and oxygen atoms in total. The van der Waals surface area contributed by atoms with Gasteiger partial charge in [0.1, 0.15) is 24.4 Å². The fourth-order valence-corrected chi connectivity index (χ4v) is 1.58. The minimum atomic E-state index is -0.624. The molecule has 1 N–H and O–H groups in total. The van der Waals surface area contributed by atoms with E-state index in [9.17, 15) is 5.11 Å². The van der Waals surface area contributed by atoms with Crippen LogP contribution >= 0.6 is 0 Å². The maximum absolute atomic E-state index is 9.54. The summed E-state index contributed by atoms with van der Waals surface area (Å²) in [5, 5.41) is 9.54. The minimum Gasteiger partial charge on any atom is -0.386 e. The summed E-state index contributed by atoms with van der Waals surface area (Å²) in [5.74, 6) is 0. The van der Waals surface area contributed by atoms with Crippen molar-refractivity contribution < 1.29 is 19.3 Å². The third kappa shape index (κ3) is 2.08. The lowest BCUT2D eigenvalue weighted by Gasteiger charge is -2.34. The molecule has 0 spiro atoms. The summed E-state index contributed by atoms with van der Waals surface area (Å²) in [6, 6.07) is 0. The van der Waals surface area contributed by atoms with E-state index in [2.05, 4.69) is 0 Å². The zero-order chi connectivity index (χ0) is 9.84. The standard InChI is InChI=1S/C9H16O4/c1-11-7-5-4-6(10)8(12-2)9(7)13-3/h4-10H,1-3H3/t6-,7+,8+,9-/m1/s1. The van der Waals surface area contributed by atoms with E-state index in [0.717, 1.165) is 0 Å². The van der Waals surface area contributed by atoms with Crippen LogP contribution in [0.25, 0.3) is 0 Å². The van der Waals surface area contributed by atoms with E-state index in [1.807, 2.05) is 0 Å². The lowest BCUT2D eigenvalue weighted by atomic mass is 9.96. The molecule has 0 radical (unpaired) electrons. The van der Waals surface area contributed by atoms with E-state index < -0.39 is 6.10 Å². The second kappa shape index (κ2) is 4.72. The fraction of sp³-hybridized carbons (Fsp3) is 0.778. The van der Waals surface area contributed by atoms with Crippen LogP contribution in [-0.2, 0) is 14.2 Å². The second-order valence-electron chi connectivity index (χ2n) is 2.98.